The monoisotopic (exact) mass is 338 g/mol. The molecule has 2 aliphatic heterocycles. The Morgan fingerprint density at radius 1 is 0.960 bits per heavy atom. The zero-order valence-corrected chi connectivity index (χ0v) is 14.7. The standard InChI is InChI=1S/C21H26N2O2/c24-20(22-14-4-5-15-22)11-9-19-12-16-23(17-13-19)21(25)10-8-18-6-2-1-3-7-18/h1-3,6-7,19H,4-5,9,11-17H2. The number of rotatable bonds is 3. The second-order valence-corrected chi connectivity index (χ2v) is 6.98. The summed E-state index contributed by atoms with van der Waals surface area (Å²) in [5.41, 5.74) is 0.867. The maximum absolute atomic E-state index is 12.2. The Balaban J connectivity index is 1.40. The van der Waals surface area contributed by atoms with Crippen LogP contribution in [-0.4, -0.2) is 47.8 Å². The first kappa shape index (κ1) is 17.5. The number of hydrogen-bond acceptors (Lipinski definition) is 2. The summed E-state index contributed by atoms with van der Waals surface area (Å²) in [6, 6.07) is 9.59. The molecule has 0 atom stereocenters. The molecule has 0 unspecified atom stereocenters. The summed E-state index contributed by atoms with van der Waals surface area (Å²) in [7, 11) is 0. The largest absolute Gasteiger partial charge is 0.343 e. The number of likely N-dealkylation sites (tertiary alicyclic amines) is 2. The van der Waals surface area contributed by atoms with Gasteiger partial charge in [0.15, 0.2) is 0 Å². The molecule has 25 heavy (non-hydrogen) atoms. The van der Waals surface area contributed by atoms with Crippen LogP contribution in [0.25, 0.3) is 0 Å². The van der Waals surface area contributed by atoms with Gasteiger partial charge in [-0.15, -0.1) is 0 Å². The van der Waals surface area contributed by atoms with Gasteiger partial charge in [-0.25, -0.2) is 0 Å². The first-order valence-electron chi connectivity index (χ1n) is 9.36. The molecule has 0 radical (unpaired) electrons. The van der Waals surface area contributed by atoms with Crippen LogP contribution < -0.4 is 0 Å². The Morgan fingerprint density at radius 3 is 2.32 bits per heavy atom. The van der Waals surface area contributed by atoms with Gasteiger partial charge in [0, 0.05) is 44.1 Å². The van der Waals surface area contributed by atoms with Gasteiger partial charge in [0.25, 0.3) is 5.91 Å². The molecule has 2 heterocycles. The molecular formula is C21H26N2O2. The van der Waals surface area contributed by atoms with E-state index in [-0.39, 0.29) is 5.91 Å². The lowest BCUT2D eigenvalue weighted by Crippen LogP contribution is -2.38. The molecule has 0 bridgehead atoms. The fourth-order valence-corrected chi connectivity index (χ4v) is 3.60. The van der Waals surface area contributed by atoms with E-state index in [0.29, 0.717) is 18.2 Å². The lowest BCUT2D eigenvalue weighted by Gasteiger charge is -2.30. The van der Waals surface area contributed by atoms with Crippen LogP contribution in [0, 0.1) is 17.8 Å². The van der Waals surface area contributed by atoms with Crippen molar-refractivity contribution in [1.29, 1.82) is 0 Å². The first-order valence-corrected chi connectivity index (χ1v) is 9.36. The van der Waals surface area contributed by atoms with E-state index in [1.165, 1.54) is 0 Å². The van der Waals surface area contributed by atoms with Crippen molar-refractivity contribution in [2.75, 3.05) is 26.2 Å². The molecule has 2 saturated heterocycles. The van der Waals surface area contributed by atoms with E-state index in [4.69, 9.17) is 0 Å². The zero-order chi connectivity index (χ0) is 17.5. The normalized spacial score (nSPS) is 17.9. The molecule has 0 spiro atoms. The van der Waals surface area contributed by atoms with Crippen molar-refractivity contribution in [3.63, 3.8) is 0 Å². The van der Waals surface area contributed by atoms with E-state index < -0.39 is 0 Å². The van der Waals surface area contributed by atoms with Crippen LogP contribution in [0.3, 0.4) is 0 Å². The molecule has 4 heteroatoms. The van der Waals surface area contributed by atoms with Gasteiger partial charge in [-0.1, -0.05) is 24.1 Å². The average molecular weight is 338 g/mol. The Labute approximate surface area is 150 Å². The number of amides is 2. The van der Waals surface area contributed by atoms with E-state index >= 15 is 0 Å². The van der Waals surface area contributed by atoms with Gasteiger partial charge < -0.3 is 9.80 Å². The third-order valence-electron chi connectivity index (χ3n) is 5.21. The van der Waals surface area contributed by atoms with E-state index in [9.17, 15) is 9.59 Å². The van der Waals surface area contributed by atoms with Crippen molar-refractivity contribution in [3.05, 3.63) is 35.9 Å². The third-order valence-corrected chi connectivity index (χ3v) is 5.21. The molecule has 0 aliphatic carbocycles. The number of nitrogens with zero attached hydrogens (tertiary/aromatic N) is 2. The number of hydrogen-bond donors (Lipinski definition) is 0. The topological polar surface area (TPSA) is 40.6 Å². The second-order valence-electron chi connectivity index (χ2n) is 6.98. The Kier molecular flexibility index (Phi) is 6.11. The minimum absolute atomic E-state index is 0.0875. The lowest BCUT2D eigenvalue weighted by molar-refractivity contribution is -0.131. The number of carbonyl (C=O) groups excluding carboxylic acids is 2. The summed E-state index contributed by atoms with van der Waals surface area (Å²) >= 11 is 0. The summed E-state index contributed by atoms with van der Waals surface area (Å²) in [6.07, 6.45) is 5.87. The van der Waals surface area contributed by atoms with Gasteiger partial charge >= 0.3 is 0 Å². The van der Waals surface area contributed by atoms with Crippen LogP contribution in [0.1, 0.15) is 44.1 Å². The molecule has 2 fully saturated rings. The van der Waals surface area contributed by atoms with Crippen LogP contribution in [0.15, 0.2) is 30.3 Å². The smallest absolute Gasteiger partial charge is 0.298 e. The quantitative estimate of drug-likeness (QED) is 0.795. The van der Waals surface area contributed by atoms with Crippen molar-refractivity contribution in [1.82, 2.24) is 9.80 Å². The van der Waals surface area contributed by atoms with Crippen molar-refractivity contribution < 1.29 is 9.59 Å². The Bertz CT molecular complexity index is 645. The summed E-state index contributed by atoms with van der Waals surface area (Å²) < 4.78 is 0. The highest BCUT2D eigenvalue weighted by molar-refractivity contribution is 5.94. The van der Waals surface area contributed by atoms with E-state index in [2.05, 4.69) is 11.8 Å². The molecule has 4 nitrogen and oxygen atoms in total. The lowest BCUT2D eigenvalue weighted by atomic mass is 9.92. The highest BCUT2D eigenvalue weighted by Crippen LogP contribution is 2.23. The zero-order valence-electron chi connectivity index (χ0n) is 14.7. The van der Waals surface area contributed by atoms with Crippen LogP contribution in [-0.2, 0) is 9.59 Å². The highest BCUT2D eigenvalue weighted by Gasteiger charge is 2.24. The SMILES string of the molecule is O=C(C#Cc1ccccc1)N1CCC(CCC(=O)N2CCCC2)CC1. The van der Waals surface area contributed by atoms with E-state index in [0.717, 1.165) is 63.8 Å². The predicted octanol–water partition coefficient (Wildman–Crippen LogP) is 2.68. The molecule has 132 valence electrons. The Hall–Kier alpha value is -2.28. The molecular weight excluding hydrogens is 312 g/mol. The molecule has 1 aromatic rings. The van der Waals surface area contributed by atoms with Gasteiger partial charge in [-0.2, -0.15) is 0 Å². The average Bonchev–Trinajstić information content (AvgIpc) is 3.20. The first-order chi connectivity index (χ1) is 12.2. The van der Waals surface area contributed by atoms with E-state index in [1.807, 2.05) is 40.1 Å². The summed E-state index contributed by atoms with van der Waals surface area (Å²) in [5.74, 6) is 6.46. The van der Waals surface area contributed by atoms with E-state index in [1.54, 1.807) is 0 Å². The molecule has 2 amide bonds. The van der Waals surface area contributed by atoms with Gasteiger partial charge in [-0.3, -0.25) is 9.59 Å². The Morgan fingerprint density at radius 2 is 1.64 bits per heavy atom. The highest BCUT2D eigenvalue weighted by atomic mass is 16.2. The minimum atomic E-state index is -0.0875. The van der Waals surface area contributed by atoms with Gasteiger partial charge in [0.05, 0.1) is 0 Å². The van der Waals surface area contributed by atoms with Gasteiger partial charge in [0.2, 0.25) is 5.91 Å². The fourth-order valence-electron chi connectivity index (χ4n) is 3.60. The van der Waals surface area contributed by atoms with Crippen molar-refractivity contribution in [3.8, 4) is 11.8 Å². The predicted molar refractivity (Wildman–Crippen MR) is 97.7 cm³/mol. The van der Waals surface area contributed by atoms with Crippen LogP contribution in [0.2, 0.25) is 0 Å². The number of carbonyl (C=O) groups is 2. The number of benzene rings is 1. The molecule has 1 aromatic carbocycles. The maximum atomic E-state index is 12.2. The summed E-state index contributed by atoms with van der Waals surface area (Å²) in [5, 5.41) is 0. The minimum Gasteiger partial charge on any atom is -0.343 e. The third kappa shape index (κ3) is 5.09. The molecule has 0 N–H and O–H groups in total. The van der Waals surface area contributed by atoms with Crippen molar-refractivity contribution in [2.45, 2.75) is 38.5 Å². The summed E-state index contributed by atoms with van der Waals surface area (Å²) in [4.78, 5) is 28.2. The molecule has 3 rings (SSSR count). The maximum Gasteiger partial charge on any atom is 0.298 e. The van der Waals surface area contributed by atoms with Crippen LogP contribution >= 0.6 is 0 Å². The number of piperidine rings is 1. The van der Waals surface area contributed by atoms with Gasteiger partial charge in [-0.05, 0) is 50.2 Å². The molecule has 0 saturated carbocycles. The van der Waals surface area contributed by atoms with Crippen LogP contribution in [0.4, 0.5) is 0 Å². The van der Waals surface area contributed by atoms with Crippen molar-refractivity contribution >= 4 is 11.8 Å². The summed E-state index contributed by atoms with van der Waals surface area (Å²) in [6.45, 7) is 3.38. The van der Waals surface area contributed by atoms with Gasteiger partial charge in [0.1, 0.15) is 0 Å². The second kappa shape index (κ2) is 8.71. The van der Waals surface area contributed by atoms with Crippen LogP contribution in [0.5, 0.6) is 0 Å². The molecule has 2 aliphatic rings. The van der Waals surface area contributed by atoms with Crippen molar-refractivity contribution in [2.24, 2.45) is 5.92 Å². The fraction of sp³-hybridized carbons (Fsp3) is 0.524. The molecule has 0 aromatic heterocycles.